The predicted molar refractivity (Wildman–Crippen MR) is 110 cm³/mol. The number of thiazole rings is 1. The van der Waals surface area contributed by atoms with Gasteiger partial charge >= 0.3 is 5.13 Å². The van der Waals surface area contributed by atoms with Crippen LogP contribution >= 0.6 is 11.3 Å². The molecule has 0 spiro atoms. The van der Waals surface area contributed by atoms with Crippen LogP contribution in [0.15, 0.2) is 84.2 Å². The first-order valence-corrected chi connectivity index (χ1v) is 9.58. The molecule has 0 radical (unpaired) electrons. The van der Waals surface area contributed by atoms with Gasteiger partial charge in [0.1, 0.15) is 11.4 Å². The third kappa shape index (κ3) is 3.39. The van der Waals surface area contributed by atoms with Crippen molar-refractivity contribution in [3.63, 3.8) is 0 Å². The molecule has 0 aliphatic rings. The Balaban J connectivity index is 1.82. The predicted octanol–water partition coefficient (Wildman–Crippen LogP) is 6.05. The quantitative estimate of drug-likeness (QED) is 0.439. The van der Waals surface area contributed by atoms with Gasteiger partial charge in [-0.05, 0) is 38.1 Å². The van der Waals surface area contributed by atoms with Crippen molar-refractivity contribution in [1.29, 1.82) is 0 Å². The van der Waals surface area contributed by atoms with Gasteiger partial charge in [-0.3, -0.25) is 0 Å². The normalized spacial score (nSPS) is 10.7. The van der Waals surface area contributed by atoms with Crippen LogP contribution in [0.5, 0.6) is 0 Å². The van der Waals surface area contributed by atoms with Gasteiger partial charge < -0.3 is 0 Å². The summed E-state index contributed by atoms with van der Waals surface area (Å²) < 4.78 is 2.29. The second-order valence-electron chi connectivity index (χ2n) is 6.45. The third-order valence-electron chi connectivity index (χ3n) is 4.39. The van der Waals surface area contributed by atoms with Gasteiger partial charge in [0.05, 0.1) is 0 Å². The molecule has 1 heterocycles. The van der Waals surface area contributed by atoms with E-state index in [0.717, 1.165) is 16.5 Å². The van der Waals surface area contributed by atoms with Crippen molar-refractivity contribution in [2.45, 2.75) is 13.8 Å². The second-order valence-corrected chi connectivity index (χ2v) is 7.31. The molecule has 0 saturated heterocycles. The smallest absolute Gasteiger partial charge is 0.231 e. The van der Waals surface area contributed by atoms with Gasteiger partial charge in [0.15, 0.2) is 5.69 Å². The topological polar surface area (TPSA) is 15.9 Å². The highest BCUT2D eigenvalue weighted by molar-refractivity contribution is 7.13. The van der Waals surface area contributed by atoms with E-state index in [1.165, 1.54) is 22.4 Å². The van der Waals surface area contributed by atoms with Crippen LogP contribution in [-0.4, -0.2) is 0 Å². The number of nitrogens with zero attached hydrogens (tertiary/aromatic N) is 1. The molecule has 1 N–H and O–H groups in total. The van der Waals surface area contributed by atoms with Crippen LogP contribution in [0.25, 0.3) is 16.9 Å². The molecule has 0 amide bonds. The Labute approximate surface area is 158 Å². The first-order valence-electron chi connectivity index (χ1n) is 8.70. The third-order valence-corrected chi connectivity index (χ3v) is 5.24. The summed E-state index contributed by atoms with van der Waals surface area (Å²) in [6.07, 6.45) is 0. The van der Waals surface area contributed by atoms with Gasteiger partial charge in [-0.15, -0.1) is 0 Å². The minimum absolute atomic E-state index is 1.09. The zero-order chi connectivity index (χ0) is 17.9. The highest BCUT2D eigenvalue weighted by atomic mass is 32.1. The summed E-state index contributed by atoms with van der Waals surface area (Å²) in [6.45, 7) is 4.22. The van der Waals surface area contributed by atoms with Gasteiger partial charge in [-0.25, -0.2) is 5.32 Å². The minimum Gasteiger partial charge on any atom is -0.231 e. The average Bonchev–Trinajstić information content (AvgIpc) is 3.08. The van der Waals surface area contributed by atoms with Gasteiger partial charge in [0.2, 0.25) is 0 Å². The molecule has 0 atom stereocenters. The Hall–Kier alpha value is -2.91. The van der Waals surface area contributed by atoms with Crippen LogP contribution < -0.4 is 9.88 Å². The number of benzene rings is 3. The van der Waals surface area contributed by atoms with E-state index >= 15 is 0 Å². The van der Waals surface area contributed by atoms with E-state index in [1.54, 1.807) is 11.3 Å². The van der Waals surface area contributed by atoms with E-state index in [4.69, 9.17) is 0 Å². The zero-order valence-electron chi connectivity index (χ0n) is 14.9. The van der Waals surface area contributed by atoms with Crippen LogP contribution in [0.1, 0.15) is 11.1 Å². The van der Waals surface area contributed by atoms with E-state index < -0.39 is 0 Å². The van der Waals surface area contributed by atoms with Crippen LogP contribution in [0.2, 0.25) is 0 Å². The lowest BCUT2D eigenvalue weighted by molar-refractivity contribution is -0.563. The summed E-state index contributed by atoms with van der Waals surface area (Å²) in [4.78, 5) is 0. The number of aromatic nitrogens is 1. The van der Waals surface area contributed by atoms with E-state index in [2.05, 4.69) is 108 Å². The molecule has 2 nitrogen and oxygen atoms in total. The Morgan fingerprint density at radius 2 is 1.35 bits per heavy atom. The van der Waals surface area contributed by atoms with E-state index in [0.29, 0.717) is 0 Å². The molecule has 1 aromatic heterocycles. The van der Waals surface area contributed by atoms with Gasteiger partial charge in [0, 0.05) is 10.9 Å². The van der Waals surface area contributed by atoms with Crippen molar-refractivity contribution in [2.24, 2.45) is 0 Å². The van der Waals surface area contributed by atoms with Crippen molar-refractivity contribution >= 4 is 22.2 Å². The lowest BCUT2D eigenvalue weighted by Gasteiger charge is -2.07. The average molecular weight is 358 g/mol. The van der Waals surface area contributed by atoms with Crippen molar-refractivity contribution in [3.05, 3.63) is 95.4 Å². The molecule has 0 aliphatic heterocycles. The summed E-state index contributed by atoms with van der Waals surface area (Å²) in [5.74, 6) is 0. The van der Waals surface area contributed by atoms with E-state index in [9.17, 15) is 0 Å². The van der Waals surface area contributed by atoms with Crippen LogP contribution in [-0.2, 0) is 0 Å². The molecular weight excluding hydrogens is 336 g/mol. The Kier molecular flexibility index (Phi) is 4.55. The largest absolute Gasteiger partial charge is 0.344 e. The molecule has 4 rings (SSSR count). The fourth-order valence-corrected chi connectivity index (χ4v) is 3.88. The summed E-state index contributed by atoms with van der Waals surface area (Å²) in [5, 5.41) is 6.89. The van der Waals surface area contributed by atoms with Crippen molar-refractivity contribution in [2.75, 3.05) is 5.32 Å². The van der Waals surface area contributed by atoms with Crippen LogP contribution in [0.3, 0.4) is 0 Å². The standard InChI is InChI=1S/C23H20N2S/c1-17-8-12-20(13-9-17)24-23-25(21-14-10-18(2)11-15-21)22(16-26-23)19-6-4-3-5-7-19/h3-16H,1-2H3/p+1. The molecule has 3 aromatic carbocycles. The van der Waals surface area contributed by atoms with Gasteiger partial charge in [-0.2, -0.15) is 4.57 Å². The zero-order valence-corrected chi connectivity index (χ0v) is 15.8. The molecule has 0 fully saturated rings. The monoisotopic (exact) mass is 357 g/mol. The Morgan fingerprint density at radius 3 is 2.00 bits per heavy atom. The van der Waals surface area contributed by atoms with Gasteiger partial charge in [0.25, 0.3) is 0 Å². The first-order chi connectivity index (χ1) is 12.7. The molecule has 3 heteroatoms. The highest BCUT2D eigenvalue weighted by Crippen LogP contribution is 2.27. The molecular formula is C23H21N2S+. The molecule has 0 aliphatic carbocycles. The first kappa shape index (κ1) is 16.6. The van der Waals surface area contributed by atoms with Crippen LogP contribution in [0.4, 0.5) is 10.8 Å². The second kappa shape index (κ2) is 7.14. The van der Waals surface area contributed by atoms with Crippen molar-refractivity contribution in [1.82, 2.24) is 0 Å². The molecule has 128 valence electrons. The molecule has 0 bridgehead atoms. The molecule has 0 unspecified atom stereocenters. The van der Waals surface area contributed by atoms with E-state index in [1.807, 2.05) is 0 Å². The number of aryl methyl sites for hydroxylation is 2. The minimum atomic E-state index is 1.09. The fraction of sp³-hybridized carbons (Fsp3) is 0.0870. The SMILES string of the molecule is Cc1ccc(Nc2scc(-c3ccccc3)[n+]2-c2ccc(C)cc2)cc1. The summed E-state index contributed by atoms with van der Waals surface area (Å²) in [6, 6.07) is 27.7. The number of hydrogen-bond donors (Lipinski definition) is 1. The maximum absolute atomic E-state index is 3.58. The highest BCUT2D eigenvalue weighted by Gasteiger charge is 2.21. The molecule has 26 heavy (non-hydrogen) atoms. The lowest BCUT2D eigenvalue weighted by atomic mass is 10.1. The number of hydrogen-bond acceptors (Lipinski definition) is 2. The van der Waals surface area contributed by atoms with Crippen molar-refractivity contribution in [3.8, 4) is 16.9 Å². The fourth-order valence-electron chi connectivity index (χ4n) is 2.93. The summed E-state index contributed by atoms with van der Waals surface area (Å²) >= 11 is 1.72. The number of rotatable bonds is 4. The van der Waals surface area contributed by atoms with Crippen molar-refractivity contribution < 1.29 is 4.57 Å². The number of anilines is 2. The maximum Gasteiger partial charge on any atom is 0.344 e. The summed E-state index contributed by atoms with van der Waals surface area (Å²) in [7, 11) is 0. The molecule has 4 aromatic rings. The summed E-state index contributed by atoms with van der Waals surface area (Å²) in [5.41, 5.74) is 7.18. The number of nitrogens with one attached hydrogen (secondary N) is 1. The lowest BCUT2D eigenvalue weighted by Crippen LogP contribution is -2.33. The van der Waals surface area contributed by atoms with Gasteiger partial charge in [-0.1, -0.05) is 77.1 Å². The maximum atomic E-state index is 3.58. The Bertz CT molecular complexity index is 1000. The Morgan fingerprint density at radius 1 is 0.731 bits per heavy atom. The molecule has 0 saturated carbocycles. The van der Waals surface area contributed by atoms with E-state index in [-0.39, 0.29) is 0 Å². The van der Waals surface area contributed by atoms with Crippen LogP contribution in [0, 0.1) is 13.8 Å².